The molecule has 1 aromatic carbocycles. The molecule has 2 amide bonds. The van der Waals surface area contributed by atoms with E-state index >= 15 is 0 Å². The normalized spacial score (nSPS) is 13.3. The first-order valence-corrected chi connectivity index (χ1v) is 10.5. The molecule has 0 aromatic heterocycles. The van der Waals surface area contributed by atoms with Gasteiger partial charge in [0.25, 0.3) is 0 Å². The summed E-state index contributed by atoms with van der Waals surface area (Å²) in [7, 11) is -5.42. The van der Waals surface area contributed by atoms with Crippen molar-refractivity contribution in [2.24, 2.45) is 0 Å². The third-order valence-electron chi connectivity index (χ3n) is 3.14. The minimum absolute atomic E-state index is 0.174. The molecule has 0 aliphatic carbocycles. The minimum Gasteiger partial charge on any atom is -0.489 e. The Kier molecular flexibility index (Phi) is 12.2. The average Bonchev–Trinajstić information content (AvgIpc) is 3.09. The van der Waals surface area contributed by atoms with Crippen LogP contribution >= 0.6 is 11.6 Å². The lowest BCUT2D eigenvalue weighted by molar-refractivity contribution is -0.112. The van der Waals surface area contributed by atoms with E-state index in [1.807, 2.05) is 13.8 Å². The Hall–Kier alpha value is -2.32. The van der Waals surface area contributed by atoms with Crippen molar-refractivity contribution in [1.29, 1.82) is 0 Å². The molecule has 0 atom stereocenters. The van der Waals surface area contributed by atoms with Crippen LogP contribution in [0.5, 0.6) is 5.75 Å². The van der Waals surface area contributed by atoms with Gasteiger partial charge >= 0.3 is 21.6 Å². The number of aryl methyl sites for hydroxylation is 1. The molecule has 1 fully saturated rings. The van der Waals surface area contributed by atoms with Crippen molar-refractivity contribution in [3.63, 3.8) is 0 Å². The van der Waals surface area contributed by atoms with E-state index in [2.05, 4.69) is 10.2 Å². The van der Waals surface area contributed by atoms with Gasteiger partial charge in [0.1, 0.15) is 13.2 Å². The molecule has 15 heteroatoms. The number of nitrogens with one attached hydrogen (secondary N) is 2. The number of hydrogen-bond donors (Lipinski definition) is 2. The van der Waals surface area contributed by atoms with Crippen molar-refractivity contribution in [3.8, 4) is 5.75 Å². The third kappa shape index (κ3) is 9.57. The lowest BCUT2D eigenvalue weighted by Gasteiger charge is -2.11. The van der Waals surface area contributed by atoms with Crippen LogP contribution in [-0.2, 0) is 19.6 Å². The maximum atomic E-state index is 13.4. The quantitative estimate of drug-likeness (QED) is 0.341. The van der Waals surface area contributed by atoms with Gasteiger partial charge in [0.05, 0.1) is 6.54 Å². The van der Waals surface area contributed by atoms with E-state index in [1.54, 1.807) is 6.92 Å². The number of hydrogen-bond acceptors (Lipinski definition) is 6. The smallest absolute Gasteiger partial charge is 0.489 e. The maximum absolute atomic E-state index is 13.4. The van der Waals surface area contributed by atoms with E-state index in [9.17, 15) is 35.6 Å². The van der Waals surface area contributed by atoms with Gasteiger partial charge < -0.3 is 9.47 Å². The maximum Gasteiger partial charge on any atom is 0.511 e. The number of rotatable bonds is 7. The largest absolute Gasteiger partial charge is 0.511 e. The standard InChI is InChI=1S/C10H10ClF4NO3S.C4H6N2O3.C2H6/c1-6-4-9(8(12)5-7(6)11)19-3-2-16-20(17,18)10(13,14)15;7-3-5-6-1-2-9-4(6)8;1-2/h4-5,16H,2-3H2,1H3;3H,1-2H2,(H,5,7);1-2H3. The van der Waals surface area contributed by atoms with Crippen molar-refractivity contribution in [2.75, 3.05) is 26.3 Å². The molecular formula is C16H22ClF4N3O6S. The number of alkyl halides is 3. The molecule has 0 unspecified atom stereocenters. The predicted molar refractivity (Wildman–Crippen MR) is 103 cm³/mol. The molecule has 0 saturated carbocycles. The van der Waals surface area contributed by atoms with Crippen LogP contribution in [-0.4, -0.2) is 57.7 Å². The molecule has 31 heavy (non-hydrogen) atoms. The molecule has 0 bridgehead atoms. The van der Waals surface area contributed by atoms with Gasteiger partial charge in [-0.3, -0.25) is 10.2 Å². The molecule has 0 radical (unpaired) electrons. The van der Waals surface area contributed by atoms with Crippen LogP contribution in [0.3, 0.4) is 0 Å². The molecule has 1 aliphatic heterocycles. The van der Waals surface area contributed by atoms with Gasteiger partial charge in [-0.2, -0.15) is 13.2 Å². The van der Waals surface area contributed by atoms with Crippen molar-refractivity contribution in [1.82, 2.24) is 15.2 Å². The summed E-state index contributed by atoms with van der Waals surface area (Å²) < 4.78 is 81.2. The zero-order chi connectivity index (χ0) is 24.2. The summed E-state index contributed by atoms with van der Waals surface area (Å²) in [4.78, 5) is 20.2. The van der Waals surface area contributed by atoms with E-state index in [0.717, 1.165) is 11.1 Å². The fourth-order valence-electron chi connectivity index (χ4n) is 1.73. The average molecular weight is 496 g/mol. The fraction of sp³-hybridized carbons (Fsp3) is 0.500. The molecular weight excluding hydrogens is 474 g/mol. The van der Waals surface area contributed by atoms with E-state index in [-0.39, 0.29) is 10.8 Å². The summed E-state index contributed by atoms with van der Waals surface area (Å²) >= 11 is 5.65. The Labute approximate surface area is 181 Å². The molecule has 1 heterocycles. The first kappa shape index (κ1) is 28.7. The van der Waals surface area contributed by atoms with Crippen molar-refractivity contribution >= 4 is 34.1 Å². The first-order chi connectivity index (χ1) is 14.4. The molecule has 1 aromatic rings. The van der Waals surface area contributed by atoms with E-state index < -0.39 is 40.6 Å². The highest BCUT2D eigenvalue weighted by Gasteiger charge is 2.45. The molecule has 1 saturated heterocycles. The summed E-state index contributed by atoms with van der Waals surface area (Å²) in [5.41, 5.74) is -2.71. The fourth-order valence-corrected chi connectivity index (χ4v) is 2.40. The molecule has 178 valence electrons. The minimum atomic E-state index is -5.42. The number of nitrogens with zero attached hydrogens (tertiary/aromatic N) is 1. The summed E-state index contributed by atoms with van der Waals surface area (Å²) in [6, 6.07) is 2.25. The van der Waals surface area contributed by atoms with E-state index in [1.165, 1.54) is 10.8 Å². The van der Waals surface area contributed by atoms with Crippen LogP contribution in [0.25, 0.3) is 0 Å². The molecule has 0 spiro atoms. The number of benzene rings is 1. The van der Waals surface area contributed by atoms with Crippen LogP contribution in [0.15, 0.2) is 12.1 Å². The molecule has 1 aliphatic rings. The zero-order valence-electron chi connectivity index (χ0n) is 16.8. The highest BCUT2D eigenvalue weighted by atomic mass is 35.5. The van der Waals surface area contributed by atoms with Crippen LogP contribution in [0.4, 0.5) is 22.4 Å². The SMILES string of the molecule is CC.Cc1cc(OCCNS(=O)(=O)C(F)(F)F)c(F)cc1Cl.O=CNN1CCOC1=O. The second kappa shape index (κ2) is 13.2. The second-order valence-corrected chi connectivity index (χ2v) is 7.40. The number of cyclic esters (lactones) is 1. The molecule has 2 rings (SSSR count). The Morgan fingerprint density at radius 2 is 1.94 bits per heavy atom. The topological polar surface area (TPSA) is 114 Å². The molecule has 2 N–H and O–H groups in total. The zero-order valence-corrected chi connectivity index (χ0v) is 18.3. The number of carbonyl (C=O) groups is 2. The Balaban J connectivity index is 0.000000679. The number of ether oxygens (including phenoxy) is 2. The Morgan fingerprint density at radius 1 is 1.32 bits per heavy atom. The van der Waals surface area contributed by atoms with Crippen LogP contribution in [0.2, 0.25) is 5.02 Å². The first-order valence-electron chi connectivity index (χ1n) is 8.67. The Morgan fingerprint density at radius 3 is 2.42 bits per heavy atom. The molecule has 9 nitrogen and oxygen atoms in total. The number of sulfonamides is 1. The van der Waals surface area contributed by atoms with Gasteiger partial charge in [-0.05, 0) is 24.6 Å². The van der Waals surface area contributed by atoms with Crippen LogP contribution in [0.1, 0.15) is 19.4 Å². The second-order valence-electron chi connectivity index (χ2n) is 5.24. The lowest BCUT2D eigenvalue weighted by atomic mass is 10.2. The van der Waals surface area contributed by atoms with Gasteiger partial charge in [0, 0.05) is 11.6 Å². The highest BCUT2D eigenvalue weighted by molar-refractivity contribution is 7.90. The van der Waals surface area contributed by atoms with Crippen LogP contribution in [0, 0.1) is 12.7 Å². The van der Waals surface area contributed by atoms with Gasteiger partial charge in [-0.15, -0.1) is 0 Å². The summed E-state index contributed by atoms with van der Waals surface area (Å²) in [6.07, 6.45) is -0.0610. The van der Waals surface area contributed by atoms with Gasteiger partial charge in [-0.25, -0.2) is 27.3 Å². The van der Waals surface area contributed by atoms with Gasteiger partial charge in [0.15, 0.2) is 11.6 Å². The third-order valence-corrected chi connectivity index (χ3v) is 4.74. The summed E-state index contributed by atoms with van der Waals surface area (Å²) in [5.74, 6) is -1.02. The van der Waals surface area contributed by atoms with E-state index in [0.29, 0.717) is 25.1 Å². The number of hydrazine groups is 1. The number of carbonyl (C=O) groups excluding carboxylic acids is 2. The summed E-state index contributed by atoms with van der Waals surface area (Å²) in [6.45, 7) is 5.24. The van der Waals surface area contributed by atoms with Gasteiger partial charge in [0.2, 0.25) is 6.41 Å². The van der Waals surface area contributed by atoms with Crippen molar-refractivity contribution < 1.29 is 45.0 Å². The number of halogens is 5. The van der Waals surface area contributed by atoms with E-state index in [4.69, 9.17) is 16.3 Å². The summed E-state index contributed by atoms with van der Waals surface area (Å²) in [5, 5.41) is 1.28. The van der Waals surface area contributed by atoms with Gasteiger partial charge in [-0.1, -0.05) is 25.4 Å². The Bertz CT molecular complexity index is 839. The monoisotopic (exact) mass is 495 g/mol. The number of amides is 2. The van der Waals surface area contributed by atoms with Crippen molar-refractivity contribution in [2.45, 2.75) is 26.3 Å². The predicted octanol–water partition coefficient (Wildman–Crippen LogP) is 2.73. The van der Waals surface area contributed by atoms with Crippen molar-refractivity contribution in [3.05, 3.63) is 28.5 Å². The van der Waals surface area contributed by atoms with Crippen LogP contribution < -0.4 is 14.9 Å². The highest BCUT2D eigenvalue weighted by Crippen LogP contribution is 2.25. The lowest BCUT2D eigenvalue weighted by Crippen LogP contribution is -2.38.